The van der Waals surface area contributed by atoms with Gasteiger partial charge < -0.3 is 9.64 Å². The van der Waals surface area contributed by atoms with E-state index < -0.39 is 11.8 Å². The Kier molecular flexibility index (Phi) is 4.14. The van der Waals surface area contributed by atoms with Crippen LogP contribution < -0.4 is 0 Å². The number of nitrogens with zero attached hydrogens (tertiary/aromatic N) is 1. The Bertz CT molecular complexity index is 598. The van der Waals surface area contributed by atoms with Crippen LogP contribution in [0, 0.1) is 11.7 Å². The molecule has 22 heavy (non-hydrogen) atoms. The van der Waals surface area contributed by atoms with E-state index in [0.29, 0.717) is 6.54 Å². The van der Waals surface area contributed by atoms with Gasteiger partial charge in [0.2, 0.25) is 5.91 Å². The first kappa shape index (κ1) is 15.0. The van der Waals surface area contributed by atoms with Gasteiger partial charge in [0, 0.05) is 24.9 Å². The monoisotopic (exact) mass is 305 g/mol. The quantitative estimate of drug-likeness (QED) is 0.807. The fourth-order valence-electron chi connectivity index (χ4n) is 3.10. The maximum atomic E-state index is 13.7. The largest absolute Gasteiger partial charge is 0.465 e. The van der Waals surface area contributed by atoms with Gasteiger partial charge in [-0.25, -0.2) is 9.18 Å². The average Bonchev–Trinajstić information content (AvgIpc) is 3.39. The summed E-state index contributed by atoms with van der Waals surface area (Å²) in [5, 5.41) is 0. The summed E-state index contributed by atoms with van der Waals surface area (Å²) in [6.45, 7) is 1.46. The van der Waals surface area contributed by atoms with E-state index in [2.05, 4.69) is 4.74 Å². The molecule has 1 saturated heterocycles. The lowest BCUT2D eigenvalue weighted by atomic mass is 9.89. The van der Waals surface area contributed by atoms with Crippen molar-refractivity contribution in [2.45, 2.75) is 31.6 Å². The van der Waals surface area contributed by atoms with Crippen molar-refractivity contribution < 1.29 is 18.7 Å². The van der Waals surface area contributed by atoms with Gasteiger partial charge in [0.15, 0.2) is 0 Å². The normalized spacial score (nSPS) is 21.5. The van der Waals surface area contributed by atoms with Crippen LogP contribution in [0.4, 0.5) is 4.39 Å². The van der Waals surface area contributed by atoms with Crippen molar-refractivity contribution in [3.05, 3.63) is 35.1 Å². The minimum absolute atomic E-state index is 0.0364. The van der Waals surface area contributed by atoms with Crippen molar-refractivity contribution in [2.75, 3.05) is 20.2 Å². The van der Waals surface area contributed by atoms with Gasteiger partial charge in [-0.3, -0.25) is 4.79 Å². The van der Waals surface area contributed by atoms with Gasteiger partial charge in [-0.2, -0.15) is 0 Å². The average molecular weight is 305 g/mol. The highest BCUT2D eigenvalue weighted by Gasteiger charge is 2.35. The molecule has 1 aliphatic carbocycles. The molecule has 3 rings (SSSR count). The number of carbonyl (C=O) groups excluding carboxylic acids is 2. The SMILES string of the molecule is COC(=O)c1cc(C2CCCN(C(=O)C3CC3)C2)ccc1F. The van der Waals surface area contributed by atoms with Crippen molar-refractivity contribution in [2.24, 2.45) is 5.92 Å². The van der Waals surface area contributed by atoms with Crippen LogP contribution in [-0.2, 0) is 9.53 Å². The van der Waals surface area contributed by atoms with Gasteiger partial charge in [-0.1, -0.05) is 6.07 Å². The van der Waals surface area contributed by atoms with E-state index in [4.69, 9.17) is 0 Å². The fraction of sp³-hybridized carbons (Fsp3) is 0.529. The van der Waals surface area contributed by atoms with E-state index in [1.54, 1.807) is 12.1 Å². The Morgan fingerprint density at radius 2 is 2.05 bits per heavy atom. The molecule has 1 aromatic rings. The molecule has 0 radical (unpaired) electrons. The number of hydrogen-bond donors (Lipinski definition) is 0. The first-order valence-corrected chi connectivity index (χ1v) is 7.76. The molecule has 0 bridgehead atoms. The van der Waals surface area contributed by atoms with Crippen LogP contribution in [0.3, 0.4) is 0 Å². The molecule has 1 aliphatic heterocycles. The van der Waals surface area contributed by atoms with Crippen molar-refractivity contribution in [1.82, 2.24) is 4.90 Å². The highest BCUT2D eigenvalue weighted by atomic mass is 19.1. The van der Waals surface area contributed by atoms with Crippen LogP contribution >= 0.6 is 0 Å². The molecule has 4 nitrogen and oxygen atoms in total. The third-order valence-corrected chi connectivity index (χ3v) is 4.53. The number of benzene rings is 1. The van der Waals surface area contributed by atoms with Gasteiger partial charge in [0.05, 0.1) is 12.7 Å². The van der Waals surface area contributed by atoms with E-state index in [-0.39, 0.29) is 23.3 Å². The molecule has 2 fully saturated rings. The van der Waals surface area contributed by atoms with Crippen LogP contribution in [0.5, 0.6) is 0 Å². The maximum Gasteiger partial charge on any atom is 0.340 e. The number of halogens is 1. The standard InChI is InChI=1S/C17H20FNO3/c1-22-17(21)14-9-12(6-7-15(14)18)13-3-2-8-19(10-13)16(20)11-4-5-11/h6-7,9,11,13H,2-5,8,10H2,1H3. The Morgan fingerprint density at radius 3 is 2.73 bits per heavy atom. The van der Waals surface area contributed by atoms with Crippen molar-refractivity contribution in [1.29, 1.82) is 0 Å². The Hall–Kier alpha value is -1.91. The van der Waals surface area contributed by atoms with Crippen LogP contribution in [0.15, 0.2) is 18.2 Å². The van der Waals surface area contributed by atoms with Crippen molar-refractivity contribution in [3.8, 4) is 0 Å². The van der Waals surface area contributed by atoms with E-state index in [1.807, 2.05) is 4.90 Å². The number of piperidine rings is 1. The molecule has 0 N–H and O–H groups in total. The van der Waals surface area contributed by atoms with Crippen LogP contribution in [0.1, 0.15) is 47.5 Å². The minimum Gasteiger partial charge on any atom is -0.465 e. The number of hydrogen-bond acceptors (Lipinski definition) is 3. The first-order valence-electron chi connectivity index (χ1n) is 7.76. The number of ether oxygens (including phenoxy) is 1. The summed E-state index contributed by atoms with van der Waals surface area (Å²) < 4.78 is 18.3. The number of esters is 1. The molecule has 1 heterocycles. The summed E-state index contributed by atoms with van der Waals surface area (Å²) >= 11 is 0. The number of likely N-dealkylation sites (tertiary alicyclic amines) is 1. The predicted molar refractivity (Wildman–Crippen MR) is 79.0 cm³/mol. The van der Waals surface area contributed by atoms with E-state index in [0.717, 1.165) is 37.8 Å². The molecule has 1 unspecified atom stereocenters. The van der Waals surface area contributed by atoms with E-state index in [1.165, 1.54) is 13.2 Å². The van der Waals surface area contributed by atoms with Gasteiger partial charge >= 0.3 is 5.97 Å². The molecule has 1 saturated carbocycles. The zero-order chi connectivity index (χ0) is 15.7. The Labute approximate surface area is 129 Å². The fourth-order valence-corrected chi connectivity index (χ4v) is 3.10. The maximum absolute atomic E-state index is 13.7. The Morgan fingerprint density at radius 1 is 1.27 bits per heavy atom. The Balaban J connectivity index is 1.78. The molecule has 118 valence electrons. The molecule has 0 spiro atoms. The molecular formula is C17H20FNO3. The molecule has 1 amide bonds. The number of carbonyl (C=O) groups is 2. The summed E-state index contributed by atoms with van der Waals surface area (Å²) in [5.41, 5.74) is 0.862. The second-order valence-corrected chi connectivity index (χ2v) is 6.13. The lowest BCUT2D eigenvalue weighted by Gasteiger charge is -2.33. The number of amides is 1. The molecule has 2 aliphatic rings. The van der Waals surface area contributed by atoms with Gasteiger partial charge in [0.25, 0.3) is 0 Å². The highest BCUT2D eigenvalue weighted by Crippen LogP contribution is 2.34. The number of methoxy groups -OCH3 is 1. The zero-order valence-electron chi connectivity index (χ0n) is 12.7. The molecule has 1 atom stereocenters. The second-order valence-electron chi connectivity index (χ2n) is 6.13. The van der Waals surface area contributed by atoms with Crippen molar-refractivity contribution in [3.63, 3.8) is 0 Å². The number of rotatable bonds is 3. The van der Waals surface area contributed by atoms with Crippen molar-refractivity contribution >= 4 is 11.9 Å². The smallest absolute Gasteiger partial charge is 0.340 e. The first-order chi connectivity index (χ1) is 10.6. The van der Waals surface area contributed by atoms with Crippen LogP contribution in [0.2, 0.25) is 0 Å². The van der Waals surface area contributed by atoms with Crippen LogP contribution in [-0.4, -0.2) is 37.0 Å². The molecular weight excluding hydrogens is 285 g/mol. The molecule has 0 aromatic heterocycles. The highest BCUT2D eigenvalue weighted by molar-refractivity contribution is 5.89. The van der Waals surface area contributed by atoms with E-state index in [9.17, 15) is 14.0 Å². The third-order valence-electron chi connectivity index (χ3n) is 4.53. The van der Waals surface area contributed by atoms with Gasteiger partial charge in [0.1, 0.15) is 5.82 Å². The summed E-state index contributed by atoms with van der Waals surface area (Å²) in [6, 6.07) is 4.58. The van der Waals surface area contributed by atoms with Crippen LogP contribution in [0.25, 0.3) is 0 Å². The summed E-state index contributed by atoms with van der Waals surface area (Å²) in [4.78, 5) is 25.7. The predicted octanol–water partition coefficient (Wildman–Crippen LogP) is 2.73. The molecule has 5 heteroatoms. The summed E-state index contributed by atoms with van der Waals surface area (Å²) in [5.74, 6) is -0.614. The lowest BCUT2D eigenvalue weighted by Crippen LogP contribution is -2.40. The van der Waals surface area contributed by atoms with E-state index >= 15 is 0 Å². The minimum atomic E-state index is -0.666. The topological polar surface area (TPSA) is 46.6 Å². The third kappa shape index (κ3) is 2.98. The van der Waals surface area contributed by atoms with Gasteiger partial charge in [-0.15, -0.1) is 0 Å². The zero-order valence-corrected chi connectivity index (χ0v) is 12.7. The molecule has 1 aromatic carbocycles. The summed E-state index contributed by atoms with van der Waals surface area (Å²) in [7, 11) is 1.24. The summed E-state index contributed by atoms with van der Waals surface area (Å²) in [6.07, 6.45) is 3.89. The lowest BCUT2D eigenvalue weighted by molar-refractivity contribution is -0.133. The second kappa shape index (κ2) is 6.07. The van der Waals surface area contributed by atoms with Gasteiger partial charge in [-0.05, 0) is 43.4 Å².